The van der Waals surface area contributed by atoms with Gasteiger partial charge in [-0.1, -0.05) is 12.1 Å². The number of alkyl carbamates (subject to hydrolysis) is 1. The molecule has 0 aliphatic heterocycles. The molecule has 22 heavy (non-hydrogen) atoms. The van der Waals surface area contributed by atoms with Gasteiger partial charge < -0.3 is 15.4 Å². The predicted molar refractivity (Wildman–Crippen MR) is 81.8 cm³/mol. The van der Waals surface area contributed by atoms with Crippen LogP contribution in [-0.4, -0.2) is 23.6 Å². The maximum atomic E-state index is 12.9. The Morgan fingerprint density at radius 1 is 1.09 bits per heavy atom. The Bertz CT molecular complexity index is 523. The van der Waals surface area contributed by atoms with Gasteiger partial charge in [-0.2, -0.15) is 0 Å². The van der Waals surface area contributed by atoms with Crippen LogP contribution in [0.4, 0.5) is 9.18 Å². The molecule has 2 N–H and O–H groups in total. The summed E-state index contributed by atoms with van der Waals surface area (Å²) in [5, 5.41) is 5.22. The maximum Gasteiger partial charge on any atom is 0.408 e. The zero-order valence-corrected chi connectivity index (χ0v) is 13.6. The van der Waals surface area contributed by atoms with Gasteiger partial charge in [-0.25, -0.2) is 9.18 Å². The zero-order chi connectivity index (χ0) is 16.9. The summed E-state index contributed by atoms with van der Waals surface area (Å²) in [7, 11) is 0. The van der Waals surface area contributed by atoms with Crippen LogP contribution in [0.25, 0.3) is 0 Å². The monoisotopic (exact) mass is 310 g/mol. The minimum absolute atomic E-state index is 0.295. The molecule has 1 aromatic carbocycles. The van der Waals surface area contributed by atoms with E-state index in [2.05, 4.69) is 10.6 Å². The largest absolute Gasteiger partial charge is 0.444 e. The van der Waals surface area contributed by atoms with Crippen molar-refractivity contribution in [2.75, 3.05) is 0 Å². The number of hydrogen-bond donors (Lipinski definition) is 2. The summed E-state index contributed by atoms with van der Waals surface area (Å²) in [6, 6.07) is 4.84. The SMILES string of the molecule is C[C@@H](NC(=O)OC(C)(C)C)C(=O)N[C@H](C)c1ccc(F)cc1. The van der Waals surface area contributed by atoms with E-state index < -0.39 is 17.7 Å². The molecule has 0 aliphatic carbocycles. The minimum atomic E-state index is -0.738. The van der Waals surface area contributed by atoms with Crippen molar-refractivity contribution >= 4 is 12.0 Å². The standard InChI is InChI=1S/C16H23FN2O3/c1-10(12-6-8-13(17)9-7-12)18-14(20)11(2)19-15(21)22-16(3,4)5/h6-11H,1-5H3,(H,18,20)(H,19,21)/t10-,11-/m1/s1. The third kappa shape index (κ3) is 6.11. The first-order valence-corrected chi connectivity index (χ1v) is 7.14. The van der Waals surface area contributed by atoms with E-state index in [4.69, 9.17) is 4.74 Å². The highest BCUT2D eigenvalue weighted by Crippen LogP contribution is 2.13. The first-order valence-electron chi connectivity index (χ1n) is 7.14. The third-order valence-corrected chi connectivity index (χ3v) is 2.86. The lowest BCUT2D eigenvalue weighted by molar-refractivity contribution is -0.123. The molecule has 1 aromatic rings. The van der Waals surface area contributed by atoms with E-state index >= 15 is 0 Å². The van der Waals surface area contributed by atoms with Crippen LogP contribution in [0.1, 0.15) is 46.2 Å². The highest BCUT2D eigenvalue weighted by molar-refractivity contribution is 5.85. The Balaban J connectivity index is 2.53. The second-order valence-electron chi connectivity index (χ2n) is 6.15. The van der Waals surface area contributed by atoms with Crippen molar-refractivity contribution in [2.24, 2.45) is 0 Å². The van der Waals surface area contributed by atoms with Gasteiger partial charge in [0.05, 0.1) is 6.04 Å². The highest BCUT2D eigenvalue weighted by atomic mass is 19.1. The number of nitrogens with one attached hydrogen (secondary N) is 2. The van der Waals surface area contributed by atoms with Crippen molar-refractivity contribution in [3.8, 4) is 0 Å². The van der Waals surface area contributed by atoms with Gasteiger partial charge in [0.25, 0.3) is 0 Å². The van der Waals surface area contributed by atoms with Crippen molar-refractivity contribution in [2.45, 2.75) is 52.3 Å². The number of ether oxygens (including phenoxy) is 1. The van der Waals surface area contributed by atoms with E-state index in [-0.39, 0.29) is 17.8 Å². The zero-order valence-electron chi connectivity index (χ0n) is 13.6. The quantitative estimate of drug-likeness (QED) is 0.898. The van der Waals surface area contributed by atoms with Crippen LogP contribution in [0.5, 0.6) is 0 Å². The number of rotatable bonds is 4. The molecule has 0 aliphatic rings. The average molecular weight is 310 g/mol. The molecule has 5 nitrogen and oxygen atoms in total. The Morgan fingerprint density at radius 2 is 1.64 bits per heavy atom. The molecule has 0 heterocycles. The first-order chi connectivity index (χ1) is 10.1. The van der Waals surface area contributed by atoms with E-state index in [1.165, 1.54) is 12.1 Å². The smallest absolute Gasteiger partial charge is 0.408 e. The molecule has 2 atom stereocenters. The number of halogens is 1. The second-order valence-corrected chi connectivity index (χ2v) is 6.15. The van der Waals surface area contributed by atoms with Crippen LogP contribution >= 0.6 is 0 Å². The van der Waals surface area contributed by atoms with Gasteiger partial charge in [-0.3, -0.25) is 4.79 Å². The molecule has 0 unspecified atom stereocenters. The molecule has 0 saturated heterocycles. The first kappa shape index (κ1) is 17.9. The van der Waals surface area contributed by atoms with Gasteiger partial charge in [0, 0.05) is 0 Å². The van der Waals surface area contributed by atoms with E-state index in [1.807, 2.05) is 0 Å². The van der Waals surface area contributed by atoms with Gasteiger partial charge in [-0.15, -0.1) is 0 Å². The Labute approximate surface area is 130 Å². The van der Waals surface area contributed by atoms with Gasteiger partial charge in [0.1, 0.15) is 17.5 Å². The van der Waals surface area contributed by atoms with Gasteiger partial charge in [0.15, 0.2) is 0 Å². The number of amides is 2. The fourth-order valence-corrected chi connectivity index (χ4v) is 1.72. The summed E-state index contributed by atoms with van der Waals surface area (Å²) in [5.74, 6) is -0.676. The number of benzene rings is 1. The topological polar surface area (TPSA) is 67.4 Å². The number of carbonyl (C=O) groups is 2. The number of hydrogen-bond acceptors (Lipinski definition) is 3. The van der Waals surface area contributed by atoms with Crippen LogP contribution < -0.4 is 10.6 Å². The number of carbonyl (C=O) groups excluding carboxylic acids is 2. The Kier molecular flexibility index (Phi) is 5.91. The molecule has 6 heteroatoms. The molecule has 0 fully saturated rings. The molecule has 0 radical (unpaired) electrons. The minimum Gasteiger partial charge on any atom is -0.444 e. The summed E-state index contributed by atoms with van der Waals surface area (Å²) in [4.78, 5) is 23.7. The fraction of sp³-hybridized carbons (Fsp3) is 0.500. The molecular weight excluding hydrogens is 287 g/mol. The third-order valence-electron chi connectivity index (χ3n) is 2.86. The summed E-state index contributed by atoms with van der Waals surface area (Å²) >= 11 is 0. The molecule has 0 saturated carbocycles. The fourth-order valence-electron chi connectivity index (χ4n) is 1.72. The molecule has 0 bridgehead atoms. The lowest BCUT2D eigenvalue weighted by Gasteiger charge is -2.22. The van der Waals surface area contributed by atoms with Crippen molar-refractivity contribution < 1.29 is 18.7 Å². The summed E-state index contributed by atoms with van der Waals surface area (Å²) in [5.41, 5.74) is 0.154. The Hall–Kier alpha value is -2.11. The van der Waals surface area contributed by atoms with Crippen molar-refractivity contribution in [3.63, 3.8) is 0 Å². The van der Waals surface area contributed by atoms with Gasteiger partial charge in [-0.05, 0) is 52.3 Å². The normalized spacial score (nSPS) is 13.9. The van der Waals surface area contributed by atoms with Crippen LogP contribution in [0.2, 0.25) is 0 Å². The van der Waals surface area contributed by atoms with E-state index in [0.29, 0.717) is 0 Å². The van der Waals surface area contributed by atoms with E-state index in [9.17, 15) is 14.0 Å². The average Bonchev–Trinajstić information content (AvgIpc) is 2.36. The van der Waals surface area contributed by atoms with Crippen LogP contribution in [-0.2, 0) is 9.53 Å². The highest BCUT2D eigenvalue weighted by Gasteiger charge is 2.22. The van der Waals surface area contributed by atoms with Crippen LogP contribution in [0.3, 0.4) is 0 Å². The van der Waals surface area contributed by atoms with Crippen molar-refractivity contribution in [1.29, 1.82) is 0 Å². The van der Waals surface area contributed by atoms with Crippen molar-refractivity contribution in [3.05, 3.63) is 35.6 Å². The molecular formula is C16H23FN2O3. The molecule has 122 valence electrons. The van der Waals surface area contributed by atoms with E-state index in [0.717, 1.165) is 5.56 Å². The molecule has 0 spiro atoms. The Morgan fingerprint density at radius 3 is 2.14 bits per heavy atom. The molecule has 0 aromatic heterocycles. The molecule has 2 amide bonds. The van der Waals surface area contributed by atoms with Crippen LogP contribution in [0.15, 0.2) is 24.3 Å². The summed E-state index contributed by atoms with van der Waals surface area (Å²) in [6.07, 6.45) is -0.649. The lowest BCUT2D eigenvalue weighted by atomic mass is 10.1. The predicted octanol–water partition coefficient (Wildman–Crippen LogP) is 2.92. The maximum absolute atomic E-state index is 12.9. The van der Waals surface area contributed by atoms with Gasteiger partial charge >= 0.3 is 6.09 Å². The van der Waals surface area contributed by atoms with Crippen molar-refractivity contribution in [1.82, 2.24) is 10.6 Å². The van der Waals surface area contributed by atoms with E-state index in [1.54, 1.807) is 46.8 Å². The van der Waals surface area contributed by atoms with Crippen LogP contribution in [0, 0.1) is 5.82 Å². The summed E-state index contributed by atoms with van der Waals surface area (Å²) in [6.45, 7) is 8.58. The van der Waals surface area contributed by atoms with Gasteiger partial charge in [0.2, 0.25) is 5.91 Å². The second kappa shape index (κ2) is 7.24. The molecule has 1 rings (SSSR count). The lowest BCUT2D eigenvalue weighted by Crippen LogP contribution is -2.47. The summed E-state index contributed by atoms with van der Waals surface area (Å²) < 4.78 is 18.0.